The SMILES string of the molecule is CCCCCN(c1c(F)cccc1CNC1CC1)C(C)C. The predicted octanol–water partition coefficient (Wildman–Crippen LogP) is 4.48. The zero-order chi connectivity index (χ0) is 15.2. The lowest BCUT2D eigenvalue weighted by Crippen LogP contribution is -2.34. The molecule has 0 heterocycles. The molecule has 0 bridgehead atoms. The number of anilines is 1. The first kappa shape index (κ1) is 16.3. The van der Waals surface area contributed by atoms with E-state index in [4.69, 9.17) is 0 Å². The summed E-state index contributed by atoms with van der Waals surface area (Å²) in [6.45, 7) is 8.21. The molecular weight excluding hydrogens is 263 g/mol. The molecule has 1 N–H and O–H groups in total. The first-order chi connectivity index (χ1) is 10.1. The molecule has 118 valence electrons. The van der Waals surface area contributed by atoms with E-state index in [-0.39, 0.29) is 5.82 Å². The second-order valence-corrected chi connectivity index (χ2v) is 6.40. The Kier molecular flexibility index (Phi) is 6.04. The van der Waals surface area contributed by atoms with E-state index < -0.39 is 0 Å². The second-order valence-electron chi connectivity index (χ2n) is 6.40. The third-order valence-corrected chi connectivity index (χ3v) is 4.14. The van der Waals surface area contributed by atoms with Crippen molar-refractivity contribution in [2.24, 2.45) is 0 Å². The van der Waals surface area contributed by atoms with E-state index in [0.29, 0.717) is 12.1 Å². The van der Waals surface area contributed by atoms with E-state index in [9.17, 15) is 4.39 Å². The standard InChI is InChI=1S/C18H29FN2/c1-4-5-6-12-21(14(2)3)18-15(8-7-9-17(18)19)13-20-16-10-11-16/h7-9,14,16,20H,4-6,10-13H2,1-3H3. The van der Waals surface area contributed by atoms with Gasteiger partial charge in [0.2, 0.25) is 0 Å². The lowest BCUT2D eigenvalue weighted by atomic mass is 10.1. The van der Waals surface area contributed by atoms with Gasteiger partial charge in [-0.25, -0.2) is 4.39 Å². The predicted molar refractivity (Wildman–Crippen MR) is 88.3 cm³/mol. The number of para-hydroxylation sites is 1. The fourth-order valence-corrected chi connectivity index (χ4v) is 2.73. The summed E-state index contributed by atoms with van der Waals surface area (Å²) in [6, 6.07) is 6.44. The number of nitrogens with zero attached hydrogens (tertiary/aromatic N) is 1. The van der Waals surface area contributed by atoms with Crippen LogP contribution in [0.2, 0.25) is 0 Å². The van der Waals surface area contributed by atoms with Gasteiger partial charge in [0.1, 0.15) is 5.82 Å². The van der Waals surface area contributed by atoms with Gasteiger partial charge < -0.3 is 10.2 Å². The Hall–Kier alpha value is -1.09. The van der Waals surface area contributed by atoms with E-state index >= 15 is 0 Å². The van der Waals surface area contributed by atoms with Crippen LogP contribution in [0.25, 0.3) is 0 Å². The maximum absolute atomic E-state index is 14.4. The molecule has 1 aliphatic rings. The van der Waals surface area contributed by atoms with E-state index in [1.165, 1.54) is 25.7 Å². The summed E-state index contributed by atoms with van der Waals surface area (Å²) in [7, 11) is 0. The lowest BCUT2D eigenvalue weighted by molar-refractivity contribution is 0.575. The fourth-order valence-electron chi connectivity index (χ4n) is 2.73. The van der Waals surface area contributed by atoms with Gasteiger partial charge in [-0.3, -0.25) is 0 Å². The van der Waals surface area contributed by atoms with Gasteiger partial charge in [0.05, 0.1) is 5.69 Å². The number of halogens is 1. The largest absolute Gasteiger partial charge is 0.366 e. The molecule has 0 radical (unpaired) electrons. The number of nitrogens with one attached hydrogen (secondary N) is 1. The highest BCUT2D eigenvalue weighted by molar-refractivity contribution is 5.55. The minimum absolute atomic E-state index is 0.0877. The first-order valence-electron chi connectivity index (χ1n) is 8.41. The van der Waals surface area contributed by atoms with Crippen molar-refractivity contribution in [2.75, 3.05) is 11.4 Å². The number of hydrogen-bond acceptors (Lipinski definition) is 2. The van der Waals surface area contributed by atoms with E-state index in [0.717, 1.165) is 30.8 Å². The molecule has 2 rings (SSSR count). The maximum Gasteiger partial charge on any atom is 0.146 e. The van der Waals surface area contributed by atoms with Gasteiger partial charge in [0.15, 0.2) is 0 Å². The van der Waals surface area contributed by atoms with Crippen molar-refractivity contribution in [2.45, 2.75) is 71.5 Å². The Labute approximate surface area is 128 Å². The molecule has 1 aromatic rings. The number of unbranched alkanes of at least 4 members (excludes halogenated alkanes) is 2. The molecule has 0 amide bonds. The Morgan fingerprint density at radius 1 is 1.29 bits per heavy atom. The molecule has 0 aliphatic heterocycles. The summed E-state index contributed by atoms with van der Waals surface area (Å²) in [5.41, 5.74) is 1.89. The first-order valence-corrected chi connectivity index (χ1v) is 8.41. The van der Waals surface area contributed by atoms with Gasteiger partial charge in [-0.2, -0.15) is 0 Å². The fraction of sp³-hybridized carbons (Fsp3) is 0.667. The summed E-state index contributed by atoms with van der Waals surface area (Å²) in [5.74, 6) is -0.0877. The molecule has 1 fully saturated rings. The average molecular weight is 292 g/mol. The highest BCUT2D eigenvalue weighted by Gasteiger charge is 2.23. The molecule has 1 aliphatic carbocycles. The third-order valence-electron chi connectivity index (χ3n) is 4.14. The topological polar surface area (TPSA) is 15.3 Å². The zero-order valence-electron chi connectivity index (χ0n) is 13.7. The van der Waals surface area contributed by atoms with Crippen molar-refractivity contribution >= 4 is 5.69 Å². The van der Waals surface area contributed by atoms with Crippen molar-refractivity contribution in [3.05, 3.63) is 29.6 Å². The van der Waals surface area contributed by atoms with Crippen LogP contribution in [0.4, 0.5) is 10.1 Å². The molecule has 0 atom stereocenters. The van der Waals surface area contributed by atoms with Crippen LogP contribution >= 0.6 is 0 Å². The number of hydrogen-bond donors (Lipinski definition) is 1. The van der Waals surface area contributed by atoms with Gasteiger partial charge in [-0.1, -0.05) is 31.9 Å². The highest BCUT2D eigenvalue weighted by Crippen LogP contribution is 2.28. The Balaban J connectivity index is 2.15. The monoisotopic (exact) mass is 292 g/mol. The van der Waals surface area contributed by atoms with Crippen LogP contribution in [0.3, 0.4) is 0 Å². The van der Waals surface area contributed by atoms with E-state index in [2.05, 4.69) is 37.1 Å². The maximum atomic E-state index is 14.4. The summed E-state index contributed by atoms with van der Waals surface area (Å²) in [5, 5.41) is 3.51. The van der Waals surface area contributed by atoms with Crippen LogP contribution in [0.5, 0.6) is 0 Å². The van der Waals surface area contributed by atoms with Crippen molar-refractivity contribution in [3.63, 3.8) is 0 Å². The van der Waals surface area contributed by atoms with E-state index in [1.807, 2.05) is 6.07 Å². The number of rotatable bonds is 9. The van der Waals surface area contributed by atoms with Crippen molar-refractivity contribution in [1.82, 2.24) is 5.32 Å². The van der Waals surface area contributed by atoms with Crippen LogP contribution in [-0.4, -0.2) is 18.6 Å². The Morgan fingerprint density at radius 2 is 2.05 bits per heavy atom. The van der Waals surface area contributed by atoms with Gasteiger partial charge >= 0.3 is 0 Å². The van der Waals surface area contributed by atoms with Crippen LogP contribution in [-0.2, 0) is 6.54 Å². The van der Waals surface area contributed by atoms with Crippen LogP contribution in [0.1, 0.15) is 58.4 Å². The second kappa shape index (κ2) is 7.79. The Bertz CT molecular complexity index is 441. The molecule has 21 heavy (non-hydrogen) atoms. The van der Waals surface area contributed by atoms with Crippen LogP contribution in [0.15, 0.2) is 18.2 Å². The van der Waals surface area contributed by atoms with Gasteiger partial charge in [-0.05, 0) is 44.7 Å². The normalized spacial score (nSPS) is 14.7. The van der Waals surface area contributed by atoms with Crippen molar-refractivity contribution in [3.8, 4) is 0 Å². The lowest BCUT2D eigenvalue weighted by Gasteiger charge is -2.31. The molecule has 3 heteroatoms. The Morgan fingerprint density at radius 3 is 2.67 bits per heavy atom. The van der Waals surface area contributed by atoms with Crippen molar-refractivity contribution < 1.29 is 4.39 Å². The molecule has 0 spiro atoms. The minimum atomic E-state index is -0.0877. The average Bonchev–Trinajstić information content (AvgIpc) is 3.26. The molecule has 0 aromatic heterocycles. The van der Waals surface area contributed by atoms with E-state index in [1.54, 1.807) is 6.07 Å². The van der Waals surface area contributed by atoms with Gasteiger partial charge in [0.25, 0.3) is 0 Å². The summed E-state index contributed by atoms with van der Waals surface area (Å²) >= 11 is 0. The molecule has 1 aromatic carbocycles. The molecule has 0 saturated heterocycles. The zero-order valence-corrected chi connectivity index (χ0v) is 13.7. The molecular formula is C18H29FN2. The quantitative estimate of drug-likeness (QED) is 0.675. The number of benzene rings is 1. The third kappa shape index (κ3) is 4.70. The molecule has 1 saturated carbocycles. The molecule has 0 unspecified atom stereocenters. The van der Waals surface area contributed by atoms with Gasteiger partial charge in [-0.15, -0.1) is 0 Å². The van der Waals surface area contributed by atoms with Gasteiger partial charge in [0, 0.05) is 25.2 Å². The summed E-state index contributed by atoms with van der Waals surface area (Å²) in [4.78, 5) is 2.23. The smallest absolute Gasteiger partial charge is 0.146 e. The van der Waals surface area contributed by atoms with Crippen LogP contribution in [0, 0.1) is 5.82 Å². The summed E-state index contributed by atoms with van der Waals surface area (Å²) < 4.78 is 14.4. The highest BCUT2D eigenvalue weighted by atomic mass is 19.1. The van der Waals surface area contributed by atoms with Crippen LogP contribution < -0.4 is 10.2 Å². The minimum Gasteiger partial charge on any atom is -0.366 e. The molecule has 2 nitrogen and oxygen atoms in total. The summed E-state index contributed by atoms with van der Waals surface area (Å²) in [6.07, 6.45) is 6.04. The van der Waals surface area contributed by atoms with Crippen molar-refractivity contribution in [1.29, 1.82) is 0 Å².